The molecule has 1 atom stereocenters. The molecule has 0 amide bonds. The lowest BCUT2D eigenvalue weighted by Gasteiger charge is -2.24. The molecule has 96 valence electrons. The highest BCUT2D eigenvalue weighted by Gasteiger charge is 2.37. The summed E-state index contributed by atoms with van der Waals surface area (Å²) in [7, 11) is -3.27. The number of aliphatic hydroxyl groups is 1. The van der Waals surface area contributed by atoms with Gasteiger partial charge in [-0.15, -0.1) is 12.4 Å². The first-order chi connectivity index (χ1) is 7.48. The van der Waals surface area contributed by atoms with Crippen molar-refractivity contribution in [2.24, 2.45) is 5.73 Å². The fraction of sp³-hybridized carbons (Fsp3) is 0.400. The van der Waals surface area contributed by atoms with Gasteiger partial charge in [0.05, 0.1) is 17.5 Å². The summed E-state index contributed by atoms with van der Waals surface area (Å²) in [5.41, 5.74) is 6.20. The zero-order chi connectivity index (χ0) is 11.9. The van der Waals surface area contributed by atoms with Crippen LogP contribution in [0.4, 0.5) is 0 Å². The van der Waals surface area contributed by atoms with E-state index in [1.54, 1.807) is 13.0 Å². The lowest BCUT2D eigenvalue weighted by atomic mass is 10.2. The summed E-state index contributed by atoms with van der Waals surface area (Å²) in [6.07, 6.45) is 0. The number of hydrogen-bond acceptors (Lipinski definition) is 5. The molecule has 3 rings (SSSR count). The van der Waals surface area contributed by atoms with E-state index in [1.807, 2.05) is 0 Å². The molecule has 0 radical (unpaired) electrons. The third kappa shape index (κ3) is 2.13. The molecule has 0 aromatic heterocycles. The lowest BCUT2D eigenvalue weighted by Crippen LogP contribution is -2.32. The van der Waals surface area contributed by atoms with Crippen LogP contribution in [0.25, 0.3) is 0 Å². The third-order valence-electron chi connectivity index (χ3n) is 2.57. The van der Waals surface area contributed by atoms with Gasteiger partial charge in [-0.1, -0.05) is 0 Å². The maximum absolute atomic E-state index is 11.6. The molecule has 3 N–H and O–H groups in total. The molecular weight excluding hydrogens is 266 g/mol. The van der Waals surface area contributed by atoms with E-state index >= 15 is 0 Å². The van der Waals surface area contributed by atoms with Gasteiger partial charge in [0.15, 0.2) is 0 Å². The molecule has 0 spiro atoms. The van der Waals surface area contributed by atoms with Crippen LogP contribution < -0.4 is 10.5 Å². The van der Waals surface area contributed by atoms with E-state index in [4.69, 9.17) is 15.6 Å². The first-order valence-electron chi connectivity index (χ1n) is 4.86. The summed E-state index contributed by atoms with van der Waals surface area (Å²) in [6.45, 7) is 1.64. The normalized spacial score (nSPS) is 16.6. The summed E-state index contributed by atoms with van der Waals surface area (Å²) in [4.78, 5) is 0.608. The van der Waals surface area contributed by atoms with Crippen molar-refractivity contribution in [3.63, 3.8) is 0 Å². The topological polar surface area (TPSA) is 89.6 Å². The Kier molecular flexibility index (Phi) is 4.03. The highest BCUT2D eigenvalue weighted by Crippen LogP contribution is 2.44. The number of ether oxygens (including phenoxy) is 1. The molecule has 0 saturated carbocycles. The van der Waals surface area contributed by atoms with E-state index in [0.717, 1.165) is 5.56 Å². The maximum atomic E-state index is 11.6. The number of sulfone groups is 1. The van der Waals surface area contributed by atoms with Crippen LogP contribution in [0.2, 0.25) is 0 Å². The molecule has 1 aromatic rings. The number of benzene rings is 1. The number of aliphatic hydroxyl groups excluding tert-OH is 1. The number of nitrogens with two attached hydrogens (primary N) is 1. The highest BCUT2D eigenvalue weighted by atomic mass is 35.5. The quantitative estimate of drug-likeness (QED) is 0.838. The van der Waals surface area contributed by atoms with Gasteiger partial charge in [-0.25, -0.2) is 8.42 Å². The number of hydrogen-bond donors (Lipinski definition) is 2. The Morgan fingerprint density at radius 3 is 2.59 bits per heavy atom. The maximum Gasteiger partial charge on any atom is 0.210 e. The van der Waals surface area contributed by atoms with E-state index in [9.17, 15) is 8.42 Å². The van der Waals surface area contributed by atoms with Gasteiger partial charge in [0.2, 0.25) is 9.84 Å². The molecule has 2 aliphatic rings. The minimum atomic E-state index is -3.27. The van der Waals surface area contributed by atoms with Crippen LogP contribution in [0.5, 0.6) is 5.75 Å². The third-order valence-corrected chi connectivity index (χ3v) is 4.63. The summed E-state index contributed by atoms with van der Waals surface area (Å²) < 4.78 is 28.6. The average molecular weight is 280 g/mol. The van der Waals surface area contributed by atoms with E-state index in [-0.39, 0.29) is 30.5 Å². The zero-order valence-corrected chi connectivity index (χ0v) is 10.8. The van der Waals surface area contributed by atoms with Crippen molar-refractivity contribution in [1.29, 1.82) is 0 Å². The van der Waals surface area contributed by atoms with Crippen LogP contribution in [0, 0.1) is 6.92 Å². The van der Waals surface area contributed by atoms with E-state index in [1.165, 1.54) is 6.07 Å². The fourth-order valence-corrected chi connectivity index (χ4v) is 3.42. The fourth-order valence-electron chi connectivity index (χ4n) is 1.70. The molecular formula is C10H14ClNO4S. The Labute approximate surface area is 106 Å². The number of fused-ring (bicyclic) bond motifs is 2. The molecule has 2 heterocycles. The standard InChI is InChI=1S/C10H13NO4S.ClH/c1-6-9-3-2-8(10(6)16(9,13)14)15-5-7(11)4-12;/h2-3,7,12H,4-5,11H2,1H3;1H. The molecule has 1 unspecified atom stereocenters. The van der Waals surface area contributed by atoms with Gasteiger partial charge in [0.25, 0.3) is 0 Å². The minimum Gasteiger partial charge on any atom is -0.490 e. The van der Waals surface area contributed by atoms with Crippen molar-refractivity contribution in [3.05, 3.63) is 17.7 Å². The molecule has 1 aromatic carbocycles. The van der Waals surface area contributed by atoms with Crippen LogP contribution in [0.1, 0.15) is 5.56 Å². The van der Waals surface area contributed by atoms with Gasteiger partial charge in [-0.05, 0) is 24.6 Å². The number of halogens is 1. The predicted molar refractivity (Wildman–Crippen MR) is 64.4 cm³/mol. The second kappa shape index (κ2) is 4.81. The Morgan fingerprint density at radius 1 is 1.47 bits per heavy atom. The Morgan fingerprint density at radius 2 is 2.12 bits per heavy atom. The van der Waals surface area contributed by atoms with Crippen LogP contribution in [-0.4, -0.2) is 32.8 Å². The Hall–Kier alpha value is -0.820. The van der Waals surface area contributed by atoms with Crippen LogP contribution in [-0.2, 0) is 9.84 Å². The predicted octanol–water partition coefficient (Wildman–Crippen LogP) is 0.261. The molecule has 7 heteroatoms. The first-order valence-corrected chi connectivity index (χ1v) is 6.34. The molecule has 2 bridgehead atoms. The molecule has 5 nitrogen and oxygen atoms in total. The van der Waals surface area contributed by atoms with E-state index in [2.05, 4.69) is 0 Å². The molecule has 0 fully saturated rings. The summed E-state index contributed by atoms with van der Waals surface area (Å²) >= 11 is 0. The van der Waals surface area contributed by atoms with Crippen molar-refractivity contribution in [2.45, 2.75) is 22.8 Å². The highest BCUT2D eigenvalue weighted by molar-refractivity contribution is 7.93. The Bertz CT molecular complexity index is 529. The number of aryl methyl sites for hydroxylation is 1. The Balaban J connectivity index is 0.00000144. The smallest absolute Gasteiger partial charge is 0.210 e. The first kappa shape index (κ1) is 14.2. The van der Waals surface area contributed by atoms with Gasteiger partial charge in [0, 0.05) is 0 Å². The number of rotatable bonds is 4. The minimum absolute atomic E-state index is 0. The van der Waals surface area contributed by atoms with Crippen molar-refractivity contribution >= 4 is 22.2 Å². The monoisotopic (exact) mass is 279 g/mol. The molecule has 0 saturated heterocycles. The van der Waals surface area contributed by atoms with Crippen LogP contribution in [0.15, 0.2) is 21.9 Å². The molecule has 17 heavy (non-hydrogen) atoms. The van der Waals surface area contributed by atoms with Crippen LogP contribution in [0.3, 0.4) is 0 Å². The van der Waals surface area contributed by atoms with Gasteiger partial charge in [0.1, 0.15) is 17.3 Å². The SMILES string of the molecule is Cc1c2ccc(OCC(N)CO)c1S2(=O)=O.Cl. The van der Waals surface area contributed by atoms with Gasteiger partial charge >= 0.3 is 0 Å². The second-order valence-electron chi connectivity index (χ2n) is 3.77. The molecule has 2 aliphatic heterocycles. The van der Waals surface area contributed by atoms with E-state index < -0.39 is 15.9 Å². The summed E-state index contributed by atoms with van der Waals surface area (Å²) in [6, 6.07) is 2.63. The van der Waals surface area contributed by atoms with Crippen molar-refractivity contribution < 1.29 is 18.3 Å². The van der Waals surface area contributed by atoms with Gasteiger partial charge in [-0.2, -0.15) is 0 Å². The lowest BCUT2D eigenvalue weighted by molar-refractivity contribution is 0.203. The average Bonchev–Trinajstić information content (AvgIpc) is 2.25. The largest absolute Gasteiger partial charge is 0.490 e. The van der Waals surface area contributed by atoms with Crippen molar-refractivity contribution in [2.75, 3.05) is 13.2 Å². The summed E-state index contributed by atoms with van der Waals surface area (Å²) in [5.74, 6) is 0.316. The molecule has 0 aliphatic carbocycles. The van der Waals surface area contributed by atoms with Gasteiger partial charge < -0.3 is 15.6 Å². The zero-order valence-electron chi connectivity index (χ0n) is 9.21. The van der Waals surface area contributed by atoms with Crippen molar-refractivity contribution in [3.8, 4) is 5.75 Å². The van der Waals surface area contributed by atoms with Crippen molar-refractivity contribution in [1.82, 2.24) is 0 Å². The summed E-state index contributed by atoms with van der Waals surface area (Å²) in [5, 5.41) is 8.73. The second-order valence-corrected chi connectivity index (χ2v) is 5.63. The van der Waals surface area contributed by atoms with Crippen LogP contribution >= 0.6 is 12.4 Å². The van der Waals surface area contributed by atoms with Gasteiger partial charge in [-0.3, -0.25) is 0 Å². The van der Waals surface area contributed by atoms with E-state index in [0.29, 0.717) is 10.6 Å².